The number of hydrogen-bond donors (Lipinski definition) is 2. The second kappa shape index (κ2) is 6.28. The highest BCUT2D eigenvalue weighted by atomic mass is 32.1. The Balaban J connectivity index is 2.63. The topological polar surface area (TPSA) is 24.1 Å². The van der Waals surface area contributed by atoms with Gasteiger partial charge in [-0.25, -0.2) is 0 Å². The fourth-order valence-corrected chi connectivity index (χ4v) is 1.52. The number of nitrogens with one attached hydrogen (secondary N) is 2. The normalized spacial score (nSPS) is 9.94. The zero-order valence-corrected chi connectivity index (χ0v) is 10.6. The lowest BCUT2D eigenvalue weighted by atomic mass is 10.0. The summed E-state index contributed by atoms with van der Waals surface area (Å²) in [6.07, 6.45) is 1.78. The molecule has 16 heavy (non-hydrogen) atoms. The first-order chi connectivity index (χ1) is 7.63. The summed E-state index contributed by atoms with van der Waals surface area (Å²) in [5, 5.41) is 6.80. The van der Waals surface area contributed by atoms with E-state index in [1.807, 2.05) is 12.1 Å². The third-order valence-electron chi connectivity index (χ3n) is 2.22. The van der Waals surface area contributed by atoms with Gasteiger partial charge in [0.25, 0.3) is 0 Å². The Hall–Kier alpha value is -1.35. The molecule has 86 valence electrons. The van der Waals surface area contributed by atoms with E-state index < -0.39 is 0 Å². The standard InChI is InChI=1S/C13H18N2S/c1-4-8-14-13(16)15-12-7-5-6-11(9-12)10(2)3/h4-7,9-10H,1,8H2,2-3H3,(H2,14,15,16). The molecule has 3 heteroatoms. The predicted molar refractivity (Wildman–Crippen MR) is 75.0 cm³/mol. The molecule has 0 spiro atoms. The first kappa shape index (κ1) is 12.7. The molecule has 1 aromatic rings. The van der Waals surface area contributed by atoms with Crippen molar-refractivity contribution in [3.8, 4) is 0 Å². The van der Waals surface area contributed by atoms with Crippen molar-refractivity contribution in [3.05, 3.63) is 42.5 Å². The molecular weight excluding hydrogens is 216 g/mol. The molecule has 0 atom stereocenters. The van der Waals surface area contributed by atoms with Crippen LogP contribution in [-0.2, 0) is 0 Å². The minimum absolute atomic E-state index is 0.524. The SMILES string of the molecule is C=CCNC(=S)Nc1cccc(C(C)C)c1. The van der Waals surface area contributed by atoms with Crippen molar-refractivity contribution in [2.24, 2.45) is 0 Å². The first-order valence-electron chi connectivity index (χ1n) is 5.39. The van der Waals surface area contributed by atoms with Crippen LogP contribution < -0.4 is 10.6 Å². The molecule has 0 unspecified atom stereocenters. The van der Waals surface area contributed by atoms with Crippen LogP contribution in [0.25, 0.3) is 0 Å². The summed E-state index contributed by atoms with van der Waals surface area (Å²) in [4.78, 5) is 0. The Morgan fingerprint density at radius 2 is 2.25 bits per heavy atom. The predicted octanol–water partition coefficient (Wildman–Crippen LogP) is 3.28. The second-order valence-electron chi connectivity index (χ2n) is 3.90. The average molecular weight is 234 g/mol. The van der Waals surface area contributed by atoms with Crippen molar-refractivity contribution in [2.75, 3.05) is 11.9 Å². The summed E-state index contributed by atoms with van der Waals surface area (Å²) >= 11 is 5.14. The number of thiocarbonyl (C=S) groups is 1. The maximum absolute atomic E-state index is 5.14. The highest BCUT2D eigenvalue weighted by molar-refractivity contribution is 7.80. The number of benzene rings is 1. The van der Waals surface area contributed by atoms with E-state index in [1.165, 1.54) is 5.56 Å². The molecule has 2 nitrogen and oxygen atoms in total. The number of rotatable bonds is 4. The third-order valence-corrected chi connectivity index (χ3v) is 2.46. The van der Waals surface area contributed by atoms with E-state index in [4.69, 9.17) is 12.2 Å². The Kier molecular flexibility index (Phi) is 4.99. The zero-order valence-electron chi connectivity index (χ0n) is 9.79. The summed E-state index contributed by atoms with van der Waals surface area (Å²) in [5.74, 6) is 0.524. The van der Waals surface area contributed by atoms with Crippen LogP contribution in [0.15, 0.2) is 36.9 Å². The van der Waals surface area contributed by atoms with E-state index in [2.05, 4.69) is 43.2 Å². The summed E-state index contributed by atoms with van der Waals surface area (Å²) in [7, 11) is 0. The molecule has 0 amide bonds. The molecule has 0 aliphatic heterocycles. The van der Waals surface area contributed by atoms with Crippen LogP contribution in [0.4, 0.5) is 5.69 Å². The highest BCUT2D eigenvalue weighted by Crippen LogP contribution is 2.18. The fourth-order valence-electron chi connectivity index (χ4n) is 1.32. The zero-order chi connectivity index (χ0) is 12.0. The van der Waals surface area contributed by atoms with Crippen molar-refractivity contribution in [2.45, 2.75) is 19.8 Å². The van der Waals surface area contributed by atoms with Gasteiger partial charge in [0.05, 0.1) is 0 Å². The van der Waals surface area contributed by atoms with E-state index in [0.29, 0.717) is 17.6 Å². The molecule has 0 heterocycles. The van der Waals surface area contributed by atoms with E-state index in [0.717, 1.165) is 5.69 Å². The Labute approximate surface area is 103 Å². The Morgan fingerprint density at radius 1 is 1.50 bits per heavy atom. The minimum atomic E-state index is 0.524. The lowest BCUT2D eigenvalue weighted by Crippen LogP contribution is -2.28. The molecule has 0 saturated heterocycles. The lowest BCUT2D eigenvalue weighted by molar-refractivity contribution is 0.867. The summed E-state index contributed by atoms with van der Waals surface area (Å²) in [6, 6.07) is 8.28. The molecule has 2 N–H and O–H groups in total. The van der Waals surface area contributed by atoms with Gasteiger partial charge in [-0.05, 0) is 35.8 Å². The van der Waals surface area contributed by atoms with Crippen molar-refractivity contribution < 1.29 is 0 Å². The summed E-state index contributed by atoms with van der Waals surface area (Å²) < 4.78 is 0. The van der Waals surface area contributed by atoms with E-state index in [1.54, 1.807) is 6.08 Å². The van der Waals surface area contributed by atoms with Gasteiger partial charge in [0.15, 0.2) is 5.11 Å². The van der Waals surface area contributed by atoms with Crippen LogP contribution >= 0.6 is 12.2 Å². The monoisotopic (exact) mass is 234 g/mol. The molecular formula is C13H18N2S. The van der Waals surface area contributed by atoms with Crippen LogP contribution in [0.3, 0.4) is 0 Å². The Morgan fingerprint density at radius 3 is 2.88 bits per heavy atom. The third kappa shape index (κ3) is 4.03. The quantitative estimate of drug-likeness (QED) is 0.617. The Bertz CT molecular complexity index is 372. The molecule has 0 bridgehead atoms. The maximum atomic E-state index is 5.14. The van der Waals surface area contributed by atoms with E-state index in [9.17, 15) is 0 Å². The van der Waals surface area contributed by atoms with Crippen molar-refractivity contribution >= 4 is 23.0 Å². The van der Waals surface area contributed by atoms with Crippen molar-refractivity contribution in [1.82, 2.24) is 5.32 Å². The van der Waals surface area contributed by atoms with Gasteiger partial charge in [-0.3, -0.25) is 0 Å². The van der Waals surface area contributed by atoms with E-state index in [-0.39, 0.29) is 0 Å². The van der Waals surface area contributed by atoms with Gasteiger partial charge in [-0.1, -0.05) is 32.1 Å². The lowest BCUT2D eigenvalue weighted by Gasteiger charge is -2.11. The summed E-state index contributed by atoms with van der Waals surface area (Å²) in [6.45, 7) is 8.65. The van der Waals surface area contributed by atoms with Gasteiger partial charge in [0.1, 0.15) is 0 Å². The van der Waals surface area contributed by atoms with Gasteiger partial charge in [-0.2, -0.15) is 0 Å². The van der Waals surface area contributed by atoms with Crippen molar-refractivity contribution in [1.29, 1.82) is 0 Å². The van der Waals surface area contributed by atoms with Crippen LogP contribution in [0.5, 0.6) is 0 Å². The smallest absolute Gasteiger partial charge is 0.171 e. The van der Waals surface area contributed by atoms with Crippen LogP contribution in [0, 0.1) is 0 Å². The number of anilines is 1. The molecule has 0 saturated carbocycles. The van der Waals surface area contributed by atoms with Crippen LogP contribution in [0.1, 0.15) is 25.3 Å². The molecule has 0 radical (unpaired) electrons. The summed E-state index contributed by atoms with van der Waals surface area (Å²) in [5.41, 5.74) is 2.32. The van der Waals surface area contributed by atoms with Gasteiger partial charge in [0, 0.05) is 12.2 Å². The molecule has 1 aromatic carbocycles. The minimum Gasteiger partial charge on any atom is -0.359 e. The average Bonchev–Trinajstić information content (AvgIpc) is 2.26. The largest absolute Gasteiger partial charge is 0.359 e. The van der Waals surface area contributed by atoms with Crippen molar-refractivity contribution in [3.63, 3.8) is 0 Å². The van der Waals surface area contributed by atoms with Gasteiger partial charge in [-0.15, -0.1) is 6.58 Å². The van der Waals surface area contributed by atoms with Gasteiger partial charge < -0.3 is 10.6 Å². The first-order valence-corrected chi connectivity index (χ1v) is 5.80. The van der Waals surface area contributed by atoms with Crippen LogP contribution in [-0.4, -0.2) is 11.7 Å². The molecule has 1 rings (SSSR count). The molecule has 0 aromatic heterocycles. The van der Waals surface area contributed by atoms with Crippen LogP contribution in [0.2, 0.25) is 0 Å². The number of hydrogen-bond acceptors (Lipinski definition) is 1. The molecule has 0 aliphatic rings. The maximum Gasteiger partial charge on any atom is 0.171 e. The van der Waals surface area contributed by atoms with Gasteiger partial charge >= 0.3 is 0 Å². The second-order valence-corrected chi connectivity index (χ2v) is 4.31. The molecule has 0 aliphatic carbocycles. The van der Waals surface area contributed by atoms with Gasteiger partial charge in [0.2, 0.25) is 0 Å². The fraction of sp³-hybridized carbons (Fsp3) is 0.308. The van der Waals surface area contributed by atoms with E-state index >= 15 is 0 Å². The molecule has 0 fully saturated rings. The highest BCUT2D eigenvalue weighted by Gasteiger charge is 2.01.